The molecule has 0 saturated heterocycles. The number of carboxylic acids is 1. The Morgan fingerprint density at radius 2 is 2.27 bits per heavy atom. The monoisotopic (exact) mass is 207 g/mol. The van der Waals surface area contributed by atoms with E-state index < -0.39 is 5.97 Å². The molecule has 0 aliphatic heterocycles. The molecule has 0 aliphatic carbocycles. The van der Waals surface area contributed by atoms with E-state index >= 15 is 0 Å². The van der Waals surface area contributed by atoms with Crippen LogP contribution in [0.3, 0.4) is 0 Å². The summed E-state index contributed by atoms with van der Waals surface area (Å²) >= 11 is 0. The first kappa shape index (κ1) is 9.45. The number of hydrogen-bond donors (Lipinski definition) is 2. The van der Waals surface area contributed by atoms with Crippen molar-refractivity contribution in [2.24, 2.45) is 0 Å². The largest absolute Gasteiger partial charge is 0.478 e. The Morgan fingerprint density at radius 3 is 2.80 bits per heavy atom. The molecule has 6 nitrogen and oxygen atoms in total. The van der Waals surface area contributed by atoms with Gasteiger partial charge in [0.25, 0.3) is 0 Å². The van der Waals surface area contributed by atoms with Crippen molar-refractivity contribution in [3.05, 3.63) is 23.0 Å². The SMILES string of the molecule is Cc1cc(-c2n[nH]c(C)c2C(=O)O)on1. The number of carboxylic acid groups (broad SMARTS) is 1. The molecule has 0 aliphatic rings. The first-order valence-corrected chi connectivity index (χ1v) is 4.31. The summed E-state index contributed by atoms with van der Waals surface area (Å²) < 4.78 is 4.96. The fourth-order valence-corrected chi connectivity index (χ4v) is 1.34. The molecule has 0 saturated carbocycles. The van der Waals surface area contributed by atoms with Gasteiger partial charge in [-0.05, 0) is 13.8 Å². The Balaban J connectivity index is 2.58. The summed E-state index contributed by atoms with van der Waals surface area (Å²) in [4.78, 5) is 11.0. The average Bonchev–Trinajstić information content (AvgIpc) is 2.71. The number of H-pyrrole nitrogens is 1. The van der Waals surface area contributed by atoms with Gasteiger partial charge in [0.05, 0.1) is 5.69 Å². The minimum Gasteiger partial charge on any atom is -0.478 e. The number of aromatic nitrogens is 3. The summed E-state index contributed by atoms with van der Waals surface area (Å²) in [5, 5.41) is 19.2. The van der Waals surface area contributed by atoms with Gasteiger partial charge in [0.15, 0.2) is 5.76 Å². The number of hydrogen-bond acceptors (Lipinski definition) is 4. The predicted molar refractivity (Wildman–Crippen MR) is 50.5 cm³/mol. The summed E-state index contributed by atoms with van der Waals surface area (Å²) in [6, 6.07) is 1.64. The summed E-state index contributed by atoms with van der Waals surface area (Å²) in [5.74, 6) is -0.681. The molecule has 2 rings (SSSR count). The summed E-state index contributed by atoms with van der Waals surface area (Å²) in [6.45, 7) is 3.40. The average molecular weight is 207 g/mol. The smallest absolute Gasteiger partial charge is 0.339 e. The van der Waals surface area contributed by atoms with Gasteiger partial charge in [-0.2, -0.15) is 5.10 Å². The molecule has 2 aromatic heterocycles. The summed E-state index contributed by atoms with van der Waals surface area (Å²) in [6.07, 6.45) is 0. The molecular formula is C9H9N3O3. The zero-order chi connectivity index (χ0) is 11.0. The minimum absolute atomic E-state index is 0.117. The van der Waals surface area contributed by atoms with Gasteiger partial charge in [-0.3, -0.25) is 5.10 Å². The maximum Gasteiger partial charge on any atom is 0.339 e. The number of nitrogens with zero attached hydrogens (tertiary/aromatic N) is 2. The second-order valence-corrected chi connectivity index (χ2v) is 3.21. The van der Waals surface area contributed by atoms with Crippen LogP contribution in [0.1, 0.15) is 21.7 Å². The van der Waals surface area contributed by atoms with Crippen molar-refractivity contribution in [1.29, 1.82) is 0 Å². The van der Waals surface area contributed by atoms with Gasteiger partial charge < -0.3 is 9.63 Å². The van der Waals surface area contributed by atoms with Crippen molar-refractivity contribution in [3.8, 4) is 11.5 Å². The normalized spacial score (nSPS) is 10.5. The molecule has 0 atom stereocenters. The van der Waals surface area contributed by atoms with Crippen molar-refractivity contribution in [2.75, 3.05) is 0 Å². The molecule has 0 unspecified atom stereocenters. The Bertz CT molecular complexity index is 512. The van der Waals surface area contributed by atoms with Crippen molar-refractivity contribution < 1.29 is 14.4 Å². The number of aryl methyl sites for hydroxylation is 2. The summed E-state index contributed by atoms with van der Waals surface area (Å²) in [5.41, 5.74) is 1.57. The first-order chi connectivity index (χ1) is 7.09. The van der Waals surface area contributed by atoms with Crippen LogP contribution in [-0.2, 0) is 0 Å². The molecule has 0 fully saturated rings. The van der Waals surface area contributed by atoms with Crippen LogP contribution in [0.15, 0.2) is 10.6 Å². The van der Waals surface area contributed by atoms with Crippen LogP contribution >= 0.6 is 0 Å². The van der Waals surface area contributed by atoms with Gasteiger partial charge in [-0.25, -0.2) is 4.79 Å². The van der Waals surface area contributed by atoms with Gasteiger partial charge >= 0.3 is 5.97 Å². The van der Waals surface area contributed by atoms with Gasteiger partial charge in [0.2, 0.25) is 0 Å². The molecule has 6 heteroatoms. The predicted octanol–water partition coefficient (Wildman–Crippen LogP) is 1.38. The van der Waals surface area contributed by atoms with E-state index in [0.717, 1.165) is 0 Å². The van der Waals surface area contributed by atoms with Crippen LogP contribution in [-0.4, -0.2) is 26.4 Å². The second-order valence-electron chi connectivity index (χ2n) is 3.21. The molecule has 2 heterocycles. The van der Waals surface area contributed by atoms with Gasteiger partial charge in [-0.15, -0.1) is 0 Å². The molecule has 0 spiro atoms. The summed E-state index contributed by atoms with van der Waals surface area (Å²) in [7, 11) is 0. The Hall–Kier alpha value is -2.11. The zero-order valence-electron chi connectivity index (χ0n) is 8.24. The third kappa shape index (κ3) is 1.50. The van der Waals surface area contributed by atoms with E-state index in [1.165, 1.54) is 0 Å². The number of aromatic amines is 1. The maximum atomic E-state index is 11.0. The van der Waals surface area contributed by atoms with Crippen LogP contribution in [0, 0.1) is 13.8 Å². The molecular weight excluding hydrogens is 198 g/mol. The Labute approximate surface area is 84.9 Å². The van der Waals surface area contributed by atoms with E-state index in [2.05, 4.69) is 15.4 Å². The maximum absolute atomic E-state index is 11.0. The molecule has 0 amide bonds. The van der Waals surface area contributed by atoms with Crippen molar-refractivity contribution in [3.63, 3.8) is 0 Å². The van der Waals surface area contributed by atoms with E-state index in [1.54, 1.807) is 19.9 Å². The van der Waals surface area contributed by atoms with Crippen LogP contribution in [0.25, 0.3) is 11.5 Å². The van der Waals surface area contributed by atoms with Crippen LogP contribution < -0.4 is 0 Å². The third-order valence-electron chi connectivity index (χ3n) is 2.02. The molecule has 0 aromatic carbocycles. The van der Waals surface area contributed by atoms with Crippen LogP contribution in [0.2, 0.25) is 0 Å². The molecule has 2 aromatic rings. The fraction of sp³-hybridized carbons (Fsp3) is 0.222. The third-order valence-corrected chi connectivity index (χ3v) is 2.02. The highest BCUT2D eigenvalue weighted by atomic mass is 16.5. The van der Waals surface area contributed by atoms with Crippen molar-refractivity contribution >= 4 is 5.97 Å². The van der Waals surface area contributed by atoms with Gasteiger partial charge in [0.1, 0.15) is 11.3 Å². The molecule has 0 radical (unpaired) electrons. The van der Waals surface area contributed by atoms with E-state index in [0.29, 0.717) is 17.1 Å². The first-order valence-electron chi connectivity index (χ1n) is 4.31. The highest BCUT2D eigenvalue weighted by Crippen LogP contribution is 2.23. The highest BCUT2D eigenvalue weighted by molar-refractivity contribution is 5.95. The lowest BCUT2D eigenvalue weighted by molar-refractivity contribution is 0.0697. The molecule has 2 N–H and O–H groups in total. The van der Waals surface area contributed by atoms with E-state index in [4.69, 9.17) is 9.63 Å². The molecule has 78 valence electrons. The number of aromatic carboxylic acids is 1. The minimum atomic E-state index is -1.04. The lowest BCUT2D eigenvalue weighted by Gasteiger charge is -1.92. The molecule has 0 bridgehead atoms. The number of carbonyl (C=O) groups is 1. The zero-order valence-corrected chi connectivity index (χ0v) is 8.24. The quantitative estimate of drug-likeness (QED) is 0.776. The van der Waals surface area contributed by atoms with Crippen molar-refractivity contribution in [2.45, 2.75) is 13.8 Å². The molecule has 15 heavy (non-hydrogen) atoms. The van der Waals surface area contributed by atoms with E-state index in [-0.39, 0.29) is 11.3 Å². The van der Waals surface area contributed by atoms with Crippen molar-refractivity contribution in [1.82, 2.24) is 15.4 Å². The topological polar surface area (TPSA) is 92.0 Å². The van der Waals surface area contributed by atoms with Gasteiger partial charge in [0, 0.05) is 11.8 Å². The lowest BCUT2D eigenvalue weighted by atomic mass is 10.1. The Kier molecular flexibility index (Phi) is 2.03. The van der Waals surface area contributed by atoms with Crippen LogP contribution in [0.5, 0.6) is 0 Å². The van der Waals surface area contributed by atoms with E-state index in [9.17, 15) is 4.79 Å². The standard InChI is InChI=1S/C9H9N3O3/c1-4-3-6(15-12-4)8-7(9(13)14)5(2)10-11-8/h3H,1-2H3,(H,10,11)(H,13,14). The van der Waals surface area contributed by atoms with Gasteiger partial charge in [-0.1, -0.05) is 5.16 Å². The second kappa shape index (κ2) is 3.23. The number of nitrogens with one attached hydrogen (secondary N) is 1. The highest BCUT2D eigenvalue weighted by Gasteiger charge is 2.21. The Morgan fingerprint density at radius 1 is 1.53 bits per heavy atom. The van der Waals surface area contributed by atoms with Crippen LogP contribution in [0.4, 0.5) is 0 Å². The van der Waals surface area contributed by atoms with E-state index in [1.807, 2.05) is 0 Å². The number of rotatable bonds is 2. The lowest BCUT2D eigenvalue weighted by Crippen LogP contribution is -1.98. The fourth-order valence-electron chi connectivity index (χ4n) is 1.34.